The molecule has 0 saturated heterocycles. The zero-order valence-electron chi connectivity index (χ0n) is 16.2. The summed E-state index contributed by atoms with van der Waals surface area (Å²) in [6.45, 7) is 1.77. The van der Waals surface area contributed by atoms with Gasteiger partial charge in [-0.15, -0.1) is 0 Å². The maximum Gasteiger partial charge on any atom is 0.271 e. The fourth-order valence-corrected chi connectivity index (χ4v) is 3.68. The van der Waals surface area contributed by atoms with E-state index in [0.29, 0.717) is 5.56 Å². The van der Waals surface area contributed by atoms with Gasteiger partial charge in [0.25, 0.3) is 17.3 Å². The molecule has 0 aliphatic heterocycles. The minimum absolute atomic E-state index is 0.0257. The number of benzene rings is 3. The molecule has 31 heavy (non-hydrogen) atoms. The van der Waals surface area contributed by atoms with Gasteiger partial charge in [-0.1, -0.05) is 30.3 Å². The first kappa shape index (κ1) is 19.9. The van der Waals surface area contributed by atoms with Crippen molar-refractivity contribution in [3.8, 4) is 11.1 Å². The van der Waals surface area contributed by atoms with Crippen molar-refractivity contribution in [3.05, 3.63) is 103 Å². The summed E-state index contributed by atoms with van der Waals surface area (Å²) in [6.07, 6.45) is 0. The van der Waals surface area contributed by atoms with E-state index in [-0.39, 0.29) is 27.9 Å². The van der Waals surface area contributed by atoms with Crippen LogP contribution in [-0.2, 0) is 0 Å². The molecular weight excluding hydrogens is 402 g/mol. The fourth-order valence-electron chi connectivity index (χ4n) is 3.68. The van der Waals surface area contributed by atoms with Crippen molar-refractivity contribution in [3.63, 3.8) is 0 Å². The summed E-state index contributed by atoms with van der Waals surface area (Å²) in [5.41, 5.74) is 0.691. The molecule has 1 atom stereocenters. The standard InChI is InChI=1S/C22H15N3O6/c1-12(13-5-3-2-4-6-13)23-22(27)19-11-15(25(30)31)10-18-20(19)16-8-7-14(24(28)29)9-17(16)21(18)26/h2-12H,1H3,(H,23,27)/t12-/m0/s1. The van der Waals surface area contributed by atoms with Crippen molar-refractivity contribution in [2.45, 2.75) is 13.0 Å². The Kier molecular flexibility index (Phi) is 4.78. The predicted molar refractivity (Wildman–Crippen MR) is 111 cm³/mol. The summed E-state index contributed by atoms with van der Waals surface area (Å²) >= 11 is 0. The van der Waals surface area contributed by atoms with Gasteiger partial charge in [0.15, 0.2) is 5.78 Å². The molecule has 1 N–H and O–H groups in total. The Labute approximate surface area is 175 Å². The second-order valence-electron chi connectivity index (χ2n) is 7.09. The molecule has 0 unspecified atom stereocenters. The zero-order valence-corrected chi connectivity index (χ0v) is 16.2. The average Bonchev–Trinajstić information content (AvgIpc) is 3.05. The van der Waals surface area contributed by atoms with Crippen molar-refractivity contribution in [1.82, 2.24) is 5.32 Å². The minimum atomic E-state index is -0.684. The van der Waals surface area contributed by atoms with E-state index >= 15 is 0 Å². The van der Waals surface area contributed by atoms with Crippen LogP contribution in [0.2, 0.25) is 0 Å². The van der Waals surface area contributed by atoms with Crippen LogP contribution in [0, 0.1) is 20.2 Å². The topological polar surface area (TPSA) is 132 Å². The lowest BCUT2D eigenvalue weighted by atomic mass is 9.97. The van der Waals surface area contributed by atoms with Gasteiger partial charge < -0.3 is 5.32 Å². The molecule has 1 aliphatic rings. The molecule has 0 fully saturated rings. The third-order valence-electron chi connectivity index (χ3n) is 5.20. The van der Waals surface area contributed by atoms with E-state index in [0.717, 1.165) is 23.8 Å². The molecule has 0 bridgehead atoms. The molecule has 154 valence electrons. The second-order valence-corrected chi connectivity index (χ2v) is 7.09. The van der Waals surface area contributed by atoms with Crippen LogP contribution in [0.4, 0.5) is 11.4 Å². The number of ketones is 1. The molecule has 0 heterocycles. The smallest absolute Gasteiger partial charge is 0.271 e. The Morgan fingerprint density at radius 1 is 0.871 bits per heavy atom. The highest BCUT2D eigenvalue weighted by molar-refractivity contribution is 6.25. The average molecular weight is 417 g/mol. The Hall–Kier alpha value is -4.40. The van der Waals surface area contributed by atoms with Gasteiger partial charge in [0, 0.05) is 41.0 Å². The molecule has 1 amide bonds. The number of nitrogens with one attached hydrogen (secondary N) is 1. The predicted octanol–water partition coefficient (Wildman–Crippen LogP) is 4.21. The van der Waals surface area contributed by atoms with E-state index in [2.05, 4.69) is 5.32 Å². The number of rotatable bonds is 5. The lowest BCUT2D eigenvalue weighted by Crippen LogP contribution is -2.27. The number of carbonyl (C=O) groups is 2. The quantitative estimate of drug-likeness (QED) is 0.382. The van der Waals surface area contributed by atoms with Gasteiger partial charge in [0.2, 0.25) is 0 Å². The largest absolute Gasteiger partial charge is 0.345 e. The van der Waals surface area contributed by atoms with Crippen LogP contribution in [0.3, 0.4) is 0 Å². The van der Waals surface area contributed by atoms with Gasteiger partial charge in [-0.05, 0) is 24.1 Å². The van der Waals surface area contributed by atoms with E-state index in [1.165, 1.54) is 12.1 Å². The maximum atomic E-state index is 13.1. The summed E-state index contributed by atoms with van der Waals surface area (Å²) in [7, 11) is 0. The highest BCUT2D eigenvalue weighted by Gasteiger charge is 2.35. The maximum absolute atomic E-state index is 13.1. The first-order valence-corrected chi connectivity index (χ1v) is 9.29. The summed E-state index contributed by atoms with van der Waals surface area (Å²) in [5.74, 6) is -1.18. The summed E-state index contributed by atoms with van der Waals surface area (Å²) in [4.78, 5) is 47.2. The van der Waals surface area contributed by atoms with E-state index in [1.807, 2.05) is 30.3 Å². The van der Waals surface area contributed by atoms with Crippen molar-refractivity contribution in [2.75, 3.05) is 0 Å². The zero-order chi connectivity index (χ0) is 22.3. The van der Waals surface area contributed by atoms with E-state index in [1.54, 1.807) is 6.92 Å². The molecule has 0 spiro atoms. The summed E-state index contributed by atoms with van der Waals surface area (Å²) in [6, 6.07) is 14.7. The number of fused-ring (bicyclic) bond motifs is 3. The summed E-state index contributed by atoms with van der Waals surface area (Å²) in [5, 5.41) is 25.3. The van der Waals surface area contributed by atoms with Crippen LogP contribution < -0.4 is 5.32 Å². The molecule has 0 saturated carbocycles. The van der Waals surface area contributed by atoms with Crippen molar-refractivity contribution < 1.29 is 19.4 Å². The Morgan fingerprint density at radius 2 is 1.52 bits per heavy atom. The highest BCUT2D eigenvalue weighted by Crippen LogP contribution is 2.42. The van der Waals surface area contributed by atoms with Crippen LogP contribution in [-0.4, -0.2) is 21.5 Å². The van der Waals surface area contributed by atoms with Gasteiger partial charge in [0.1, 0.15) is 0 Å². The number of nitro benzene ring substituents is 2. The fraction of sp³-hybridized carbons (Fsp3) is 0.0909. The second kappa shape index (κ2) is 7.45. The molecule has 0 aromatic heterocycles. The minimum Gasteiger partial charge on any atom is -0.345 e. The van der Waals surface area contributed by atoms with E-state index in [4.69, 9.17) is 0 Å². The SMILES string of the molecule is C[C@H](NC(=O)c1cc([N+](=O)[O-])cc2c1-c1ccc([N+](=O)[O-])cc1C2=O)c1ccccc1. The molecule has 9 heteroatoms. The molecule has 3 aromatic rings. The molecule has 9 nitrogen and oxygen atoms in total. The van der Waals surface area contributed by atoms with E-state index in [9.17, 15) is 29.8 Å². The third-order valence-corrected chi connectivity index (χ3v) is 5.20. The van der Waals surface area contributed by atoms with Crippen LogP contribution in [0.15, 0.2) is 60.7 Å². The Balaban J connectivity index is 1.83. The molecule has 4 rings (SSSR count). The van der Waals surface area contributed by atoms with Crippen molar-refractivity contribution in [1.29, 1.82) is 0 Å². The number of amides is 1. The number of non-ortho nitro benzene ring substituents is 2. The molecule has 3 aromatic carbocycles. The monoisotopic (exact) mass is 417 g/mol. The van der Waals surface area contributed by atoms with Crippen LogP contribution in [0.5, 0.6) is 0 Å². The van der Waals surface area contributed by atoms with Crippen LogP contribution >= 0.6 is 0 Å². The normalized spacial score (nSPS) is 12.6. The van der Waals surface area contributed by atoms with Gasteiger partial charge in [-0.2, -0.15) is 0 Å². The molecule has 0 radical (unpaired) electrons. The van der Waals surface area contributed by atoms with Gasteiger partial charge in [0.05, 0.1) is 21.5 Å². The molecule has 1 aliphatic carbocycles. The Bertz CT molecular complexity index is 1270. The number of nitrogens with zero attached hydrogens (tertiary/aromatic N) is 2. The number of hydrogen-bond acceptors (Lipinski definition) is 6. The third kappa shape index (κ3) is 3.42. The first-order valence-electron chi connectivity index (χ1n) is 9.29. The van der Waals surface area contributed by atoms with Gasteiger partial charge in [-0.3, -0.25) is 29.8 Å². The number of carbonyl (C=O) groups excluding carboxylic acids is 2. The van der Waals surface area contributed by atoms with Crippen LogP contribution in [0.1, 0.15) is 44.8 Å². The lowest BCUT2D eigenvalue weighted by Gasteiger charge is -2.16. The first-order chi connectivity index (χ1) is 14.8. The van der Waals surface area contributed by atoms with Crippen molar-refractivity contribution in [2.24, 2.45) is 0 Å². The van der Waals surface area contributed by atoms with Crippen molar-refractivity contribution >= 4 is 23.1 Å². The Morgan fingerprint density at radius 3 is 2.16 bits per heavy atom. The number of hydrogen-bond donors (Lipinski definition) is 1. The summed E-state index contributed by atoms with van der Waals surface area (Å²) < 4.78 is 0. The lowest BCUT2D eigenvalue weighted by molar-refractivity contribution is -0.385. The van der Waals surface area contributed by atoms with Gasteiger partial charge >= 0.3 is 0 Å². The van der Waals surface area contributed by atoms with E-state index < -0.39 is 33.3 Å². The van der Waals surface area contributed by atoms with Gasteiger partial charge in [-0.25, -0.2) is 0 Å². The highest BCUT2D eigenvalue weighted by atomic mass is 16.6. The number of nitro groups is 2. The van der Waals surface area contributed by atoms with Crippen LogP contribution in [0.25, 0.3) is 11.1 Å². The molecular formula is C22H15N3O6.